The number of hydrogen-bond acceptors (Lipinski definition) is 2. The van der Waals surface area contributed by atoms with Crippen molar-refractivity contribution in [2.75, 3.05) is 6.26 Å². The van der Waals surface area contributed by atoms with E-state index in [-0.39, 0.29) is 0 Å². The first-order valence-electron chi connectivity index (χ1n) is 3.85. The zero-order chi connectivity index (χ0) is 8.39. The van der Waals surface area contributed by atoms with Gasteiger partial charge >= 0.3 is 0 Å². The van der Waals surface area contributed by atoms with E-state index in [2.05, 4.69) is 18.4 Å². The molecule has 0 unspecified atom stereocenters. The number of fused-ring (bicyclic) bond motifs is 1. The van der Waals surface area contributed by atoms with Crippen molar-refractivity contribution in [2.45, 2.75) is 5.75 Å². The van der Waals surface area contributed by atoms with E-state index in [0.29, 0.717) is 0 Å². The Labute approximate surface area is 75.8 Å². The highest BCUT2D eigenvalue weighted by atomic mass is 32.2. The van der Waals surface area contributed by atoms with E-state index in [1.165, 1.54) is 10.9 Å². The standard InChI is InChI=1S/C10H10OS/c1-12-7-8-2-3-10-9(6-8)4-5-11-10/h2-6H,7H2,1H3. The highest BCUT2D eigenvalue weighted by Gasteiger charge is 1.97. The van der Waals surface area contributed by atoms with Crippen LogP contribution < -0.4 is 0 Å². The van der Waals surface area contributed by atoms with Crippen LogP contribution in [-0.2, 0) is 5.75 Å². The van der Waals surface area contributed by atoms with Crippen molar-refractivity contribution >= 4 is 22.7 Å². The monoisotopic (exact) mass is 178 g/mol. The van der Waals surface area contributed by atoms with Gasteiger partial charge in [-0.15, -0.1) is 0 Å². The number of furan rings is 1. The van der Waals surface area contributed by atoms with Crippen LogP contribution in [-0.4, -0.2) is 6.26 Å². The molecule has 2 aromatic rings. The number of thioether (sulfide) groups is 1. The van der Waals surface area contributed by atoms with Gasteiger partial charge < -0.3 is 4.42 Å². The fraction of sp³-hybridized carbons (Fsp3) is 0.200. The summed E-state index contributed by atoms with van der Waals surface area (Å²) in [5, 5.41) is 1.20. The Hall–Kier alpha value is -0.890. The van der Waals surface area contributed by atoms with Crippen LogP contribution in [0.5, 0.6) is 0 Å². The molecule has 1 heterocycles. The lowest BCUT2D eigenvalue weighted by Gasteiger charge is -1.96. The summed E-state index contributed by atoms with van der Waals surface area (Å²) in [5.74, 6) is 1.07. The van der Waals surface area contributed by atoms with Crippen LogP contribution in [0, 0.1) is 0 Å². The summed E-state index contributed by atoms with van der Waals surface area (Å²) >= 11 is 1.84. The highest BCUT2D eigenvalue weighted by molar-refractivity contribution is 7.97. The molecule has 1 aromatic heterocycles. The molecule has 0 radical (unpaired) electrons. The lowest BCUT2D eigenvalue weighted by molar-refractivity contribution is 0.616. The average molecular weight is 178 g/mol. The molecule has 0 spiro atoms. The Morgan fingerprint density at radius 3 is 3.08 bits per heavy atom. The summed E-state index contributed by atoms with van der Waals surface area (Å²) in [6.07, 6.45) is 3.84. The molecule has 1 aromatic carbocycles. The van der Waals surface area contributed by atoms with Gasteiger partial charge in [0.2, 0.25) is 0 Å². The molecule has 0 N–H and O–H groups in total. The zero-order valence-electron chi connectivity index (χ0n) is 6.91. The predicted octanol–water partition coefficient (Wildman–Crippen LogP) is 3.30. The minimum absolute atomic E-state index is 0.972. The molecule has 1 nitrogen and oxygen atoms in total. The van der Waals surface area contributed by atoms with Crippen LogP contribution in [0.2, 0.25) is 0 Å². The van der Waals surface area contributed by atoms with E-state index in [4.69, 9.17) is 4.42 Å². The van der Waals surface area contributed by atoms with Gasteiger partial charge in [0.15, 0.2) is 0 Å². The molecule has 0 aliphatic carbocycles. The van der Waals surface area contributed by atoms with Gasteiger partial charge in [-0.3, -0.25) is 0 Å². The molecular formula is C10H10OS. The maximum Gasteiger partial charge on any atom is 0.133 e. The molecule has 0 aliphatic heterocycles. The summed E-state index contributed by atoms with van der Waals surface area (Å²) < 4.78 is 5.24. The van der Waals surface area contributed by atoms with Crippen LogP contribution in [0.3, 0.4) is 0 Å². The first-order chi connectivity index (χ1) is 5.90. The zero-order valence-corrected chi connectivity index (χ0v) is 7.73. The second-order valence-electron chi connectivity index (χ2n) is 2.73. The number of benzene rings is 1. The van der Waals surface area contributed by atoms with Gasteiger partial charge in [-0.25, -0.2) is 0 Å². The molecular weight excluding hydrogens is 168 g/mol. The fourth-order valence-electron chi connectivity index (χ4n) is 1.27. The average Bonchev–Trinajstić information content (AvgIpc) is 2.51. The van der Waals surface area contributed by atoms with Crippen LogP contribution in [0.4, 0.5) is 0 Å². The molecule has 62 valence electrons. The quantitative estimate of drug-likeness (QED) is 0.700. The van der Waals surface area contributed by atoms with Gasteiger partial charge in [0.1, 0.15) is 5.58 Å². The number of rotatable bonds is 2. The molecule has 2 rings (SSSR count). The Morgan fingerprint density at radius 1 is 1.33 bits per heavy atom. The van der Waals surface area contributed by atoms with Crippen LogP contribution in [0.1, 0.15) is 5.56 Å². The fourth-order valence-corrected chi connectivity index (χ4v) is 1.79. The van der Waals surface area contributed by atoms with E-state index in [0.717, 1.165) is 11.3 Å². The smallest absolute Gasteiger partial charge is 0.133 e. The SMILES string of the molecule is CSCc1ccc2occc2c1. The lowest BCUT2D eigenvalue weighted by atomic mass is 10.2. The van der Waals surface area contributed by atoms with Crippen molar-refractivity contribution in [3.8, 4) is 0 Å². The molecule has 0 amide bonds. The van der Waals surface area contributed by atoms with E-state index in [1.807, 2.05) is 23.9 Å². The van der Waals surface area contributed by atoms with Gasteiger partial charge in [-0.05, 0) is 30.0 Å². The van der Waals surface area contributed by atoms with E-state index in [9.17, 15) is 0 Å². The Morgan fingerprint density at radius 2 is 2.25 bits per heavy atom. The van der Waals surface area contributed by atoms with E-state index < -0.39 is 0 Å². The summed E-state index contributed by atoms with van der Waals surface area (Å²) in [6.45, 7) is 0. The number of hydrogen-bond donors (Lipinski definition) is 0. The van der Waals surface area contributed by atoms with Gasteiger partial charge in [0.25, 0.3) is 0 Å². The highest BCUT2D eigenvalue weighted by Crippen LogP contribution is 2.19. The summed E-state index contributed by atoms with van der Waals surface area (Å²) in [4.78, 5) is 0. The van der Waals surface area contributed by atoms with Crippen molar-refractivity contribution in [3.05, 3.63) is 36.1 Å². The van der Waals surface area contributed by atoms with Crippen molar-refractivity contribution in [3.63, 3.8) is 0 Å². The summed E-state index contributed by atoms with van der Waals surface area (Å²) in [6, 6.07) is 8.32. The first kappa shape index (κ1) is 7.74. The summed E-state index contributed by atoms with van der Waals surface area (Å²) in [7, 11) is 0. The van der Waals surface area contributed by atoms with Gasteiger partial charge in [0, 0.05) is 11.1 Å². The molecule has 2 heteroatoms. The Kier molecular flexibility index (Phi) is 2.09. The minimum atomic E-state index is 0.972. The molecule has 12 heavy (non-hydrogen) atoms. The molecule has 0 saturated heterocycles. The Bertz CT molecular complexity index is 378. The third-order valence-corrected chi connectivity index (χ3v) is 2.45. The second kappa shape index (κ2) is 3.23. The first-order valence-corrected chi connectivity index (χ1v) is 5.24. The topological polar surface area (TPSA) is 13.1 Å². The van der Waals surface area contributed by atoms with Crippen molar-refractivity contribution in [2.24, 2.45) is 0 Å². The molecule has 0 bridgehead atoms. The van der Waals surface area contributed by atoms with Crippen LogP contribution >= 0.6 is 11.8 Å². The normalized spacial score (nSPS) is 10.8. The van der Waals surface area contributed by atoms with Gasteiger partial charge in [-0.1, -0.05) is 6.07 Å². The predicted molar refractivity (Wildman–Crippen MR) is 53.4 cm³/mol. The van der Waals surface area contributed by atoms with Gasteiger partial charge in [-0.2, -0.15) is 11.8 Å². The summed E-state index contributed by atoms with van der Waals surface area (Å²) in [5.41, 5.74) is 2.33. The maximum atomic E-state index is 5.24. The molecule has 0 aliphatic rings. The van der Waals surface area contributed by atoms with E-state index >= 15 is 0 Å². The van der Waals surface area contributed by atoms with Gasteiger partial charge in [0.05, 0.1) is 6.26 Å². The molecule has 0 atom stereocenters. The lowest BCUT2D eigenvalue weighted by Crippen LogP contribution is -1.77. The van der Waals surface area contributed by atoms with Crippen LogP contribution in [0.25, 0.3) is 11.0 Å². The van der Waals surface area contributed by atoms with E-state index in [1.54, 1.807) is 6.26 Å². The molecule has 0 saturated carbocycles. The molecule has 0 fully saturated rings. The largest absolute Gasteiger partial charge is 0.464 e. The third kappa shape index (κ3) is 1.34. The van der Waals surface area contributed by atoms with Crippen molar-refractivity contribution in [1.82, 2.24) is 0 Å². The Balaban J connectivity index is 2.46. The maximum absolute atomic E-state index is 5.24. The third-order valence-electron chi connectivity index (χ3n) is 1.83. The van der Waals surface area contributed by atoms with Crippen molar-refractivity contribution < 1.29 is 4.42 Å². The minimum Gasteiger partial charge on any atom is -0.464 e. The van der Waals surface area contributed by atoms with Crippen molar-refractivity contribution in [1.29, 1.82) is 0 Å². The second-order valence-corrected chi connectivity index (χ2v) is 3.59. The van der Waals surface area contributed by atoms with Crippen LogP contribution in [0.15, 0.2) is 34.9 Å².